The minimum absolute atomic E-state index is 0.137. The number of amides is 2. The third-order valence-electron chi connectivity index (χ3n) is 6.36. The highest BCUT2D eigenvalue weighted by Gasteiger charge is 2.33. The number of anilines is 1. The average Bonchev–Trinajstić information content (AvgIpc) is 2.89. The standard InChI is InChI=1S/C30H36ClN3O4S/c1-22(2)19-32-30(36)28(18-24-13-6-5-7-14-24)33(20-25-15-9-8-12-23(25)3)29(35)21-34(39(4,37)38)27-17-11-10-16-26(27)31/h5-17,22,28H,18-21H2,1-4H3,(H,32,36)/t28-/m0/s1. The number of halogens is 1. The maximum absolute atomic E-state index is 14.1. The summed E-state index contributed by atoms with van der Waals surface area (Å²) in [5.74, 6) is -0.588. The van der Waals surface area contributed by atoms with E-state index in [4.69, 9.17) is 11.6 Å². The molecule has 3 aromatic carbocycles. The molecule has 0 aliphatic heterocycles. The van der Waals surface area contributed by atoms with Gasteiger partial charge in [0.15, 0.2) is 0 Å². The molecule has 0 fully saturated rings. The Bertz CT molecular complexity index is 1380. The van der Waals surface area contributed by atoms with Gasteiger partial charge in [-0.1, -0.05) is 92.2 Å². The Hall–Kier alpha value is -3.36. The second kappa shape index (κ2) is 13.6. The van der Waals surface area contributed by atoms with E-state index < -0.39 is 28.5 Å². The summed E-state index contributed by atoms with van der Waals surface area (Å²) in [6.07, 6.45) is 1.31. The van der Waals surface area contributed by atoms with Crippen molar-refractivity contribution >= 4 is 39.1 Å². The SMILES string of the molecule is Cc1ccccc1CN(C(=O)CN(c1ccccc1Cl)S(C)(=O)=O)[C@@H](Cc1ccccc1)C(=O)NCC(C)C. The van der Waals surface area contributed by atoms with E-state index in [-0.39, 0.29) is 35.5 Å². The van der Waals surface area contributed by atoms with Crippen LogP contribution in [0, 0.1) is 12.8 Å². The van der Waals surface area contributed by atoms with Crippen LogP contribution in [0.4, 0.5) is 5.69 Å². The van der Waals surface area contributed by atoms with Gasteiger partial charge in [0.05, 0.1) is 17.0 Å². The molecule has 3 rings (SSSR count). The lowest BCUT2D eigenvalue weighted by molar-refractivity contribution is -0.140. The van der Waals surface area contributed by atoms with Crippen LogP contribution in [-0.2, 0) is 32.6 Å². The van der Waals surface area contributed by atoms with Crippen LogP contribution >= 0.6 is 11.6 Å². The van der Waals surface area contributed by atoms with Crippen molar-refractivity contribution in [1.29, 1.82) is 0 Å². The number of sulfonamides is 1. The summed E-state index contributed by atoms with van der Waals surface area (Å²) in [6, 6.07) is 22.7. The average molecular weight is 570 g/mol. The summed E-state index contributed by atoms with van der Waals surface area (Å²) in [7, 11) is -3.88. The number of para-hydroxylation sites is 1. The van der Waals surface area contributed by atoms with Crippen molar-refractivity contribution in [2.45, 2.75) is 39.8 Å². The topological polar surface area (TPSA) is 86.8 Å². The number of carbonyl (C=O) groups is 2. The minimum atomic E-state index is -3.88. The number of benzene rings is 3. The van der Waals surface area contributed by atoms with E-state index in [1.54, 1.807) is 24.3 Å². The van der Waals surface area contributed by atoms with Crippen LogP contribution in [0.5, 0.6) is 0 Å². The number of nitrogens with one attached hydrogen (secondary N) is 1. The van der Waals surface area contributed by atoms with E-state index in [1.165, 1.54) is 4.90 Å². The second-order valence-electron chi connectivity index (χ2n) is 10.0. The molecule has 0 saturated carbocycles. The number of carbonyl (C=O) groups excluding carboxylic acids is 2. The van der Waals surface area contributed by atoms with Gasteiger partial charge < -0.3 is 10.2 Å². The van der Waals surface area contributed by atoms with Crippen LogP contribution in [0.15, 0.2) is 78.9 Å². The van der Waals surface area contributed by atoms with Gasteiger partial charge in [0.25, 0.3) is 0 Å². The smallest absolute Gasteiger partial charge is 0.244 e. The first-order chi connectivity index (χ1) is 18.5. The molecule has 9 heteroatoms. The lowest BCUT2D eigenvalue weighted by Crippen LogP contribution is -2.53. The lowest BCUT2D eigenvalue weighted by Gasteiger charge is -2.34. The second-order valence-corrected chi connectivity index (χ2v) is 12.3. The first kappa shape index (κ1) is 30.2. The number of hydrogen-bond donors (Lipinski definition) is 1. The summed E-state index contributed by atoms with van der Waals surface area (Å²) in [5, 5.41) is 3.18. The van der Waals surface area contributed by atoms with Gasteiger partial charge in [-0.2, -0.15) is 0 Å². The molecular weight excluding hydrogens is 534 g/mol. The minimum Gasteiger partial charge on any atom is -0.354 e. The highest BCUT2D eigenvalue weighted by molar-refractivity contribution is 7.92. The Morgan fingerprint density at radius 3 is 2.15 bits per heavy atom. The predicted molar refractivity (Wildman–Crippen MR) is 157 cm³/mol. The molecule has 0 radical (unpaired) electrons. The van der Waals surface area contributed by atoms with Gasteiger partial charge in [0.1, 0.15) is 12.6 Å². The first-order valence-electron chi connectivity index (χ1n) is 12.8. The highest BCUT2D eigenvalue weighted by Crippen LogP contribution is 2.28. The van der Waals surface area contributed by atoms with Crippen molar-refractivity contribution < 1.29 is 18.0 Å². The quantitative estimate of drug-likeness (QED) is 0.338. The van der Waals surface area contributed by atoms with Gasteiger partial charge in [0, 0.05) is 19.5 Å². The first-order valence-corrected chi connectivity index (χ1v) is 15.1. The Labute approximate surface area is 236 Å². The van der Waals surface area contributed by atoms with Crippen LogP contribution in [0.2, 0.25) is 5.02 Å². The summed E-state index contributed by atoms with van der Waals surface area (Å²) < 4.78 is 26.7. The number of aryl methyl sites for hydroxylation is 1. The van der Waals surface area contributed by atoms with Crippen molar-refractivity contribution in [3.63, 3.8) is 0 Å². The van der Waals surface area contributed by atoms with Crippen molar-refractivity contribution in [2.24, 2.45) is 5.92 Å². The Morgan fingerprint density at radius 2 is 1.54 bits per heavy atom. The molecule has 1 N–H and O–H groups in total. The van der Waals surface area contributed by atoms with E-state index in [1.807, 2.05) is 75.4 Å². The Morgan fingerprint density at radius 1 is 0.923 bits per heavy atom. The third-order valence-corrected chi connectivity index (χ3v) is 7.80. The highest BCUT2D eigenvalue weighted by atomic mass is 35.5. The van der Waals surface area contributed by atoms with E-state index in [2.05, 4.69) is 5.32 Å². The molecule has 1 atom stereocenters. The molecule has 0 saturated heterocycles. The van der Waals surface area contributed by atoms with E-state index in [0.717, 1.165) is 27.3 Å². The number of hydrogen-bond acceptors (Lipinski definition) is 4. The third kappa shape index (κ3) is 8.57. The number of rotatable bonds is 12. The van der Waals surface area contributed by atoms with Crippen molar-refractivity contribution in [3.05, 3.63) is 101 Å². The zero-order valence-corrected chi connectivity index (χ0v) is 24.4. The van der Waals surface area contributed by atoms with Gasteiger partial charge in [-0.25, -0.2) is 8.42 Å². The Kier molecular flexibility index (Phi) is 10.5. The molecule has 0 heterocycles. The van der Waals surface area contributed by atoms with Gasteiger partial charge in [-0.15, -0.1) is 0 Å². The van der Waals surface area contributed by atoms with E-state index in [9.17, 15) is 18.0 Å². The lowest BCUT2D eigenvalue weighted by atomic mass is 10.0. The van der Waals surface area contributed by atoms with Gasteiger partial charge in [0.2, 0.25) is 21.8 Å². The molecule has 7 nitrogen and oxygen atoms in total. The monoisotopic (exact) mass is 569 g/mol. The molecular formula is C30H36ClN3O4S. The van der Waals surface area contributed by atoms with Crippen LogP contribution in [-0.4, -0.2) is 50.5 Å². The normalized spacial score (nSPS) is 12.2. The maximum atomic E-state index is 14.1. The predicted octanol–water partition coefficient (Wildman–Crippen LogP) is 4.83. The van der Waals surface area contributed by atoms with E-state index >= 15 is 0 Å². The molecule has 208 valence electrons. The molecule has 0 aliphatic rings. The van der Waals surface area contributed by atoms with Crippen molar-refractivity contribution in [1.82, 2.24) is 10.2 Å². The Balaban J connectivity index is 2.06. The van der Waals surface area contributed by atoms with Crippen LogP contribution in [0.3, 0.4) is 0 Å². The molecule has 0 aliphatic carbocycles. The molecule has 2 amide bonds. The van der Waals surface area contributed by atoms with Crippen LogP contribution < -0.4 is 9.62 Å². The molecule has 3 aromatic rings. The largest absolute Gasteiger partial charge is 0.354 e. The molecule has 0 aromatic heterocycles. The van der Waals surface area contributed by atoms with Crippen LogP contribution in [0.25, 0.3) is 0 Å². The van der Waals surface area contributed by atoms with Crippen molar-refractivity contribution in [2.75, 3.05) is 23.7 Å². The fourth-order valence-corrected chi connectivity index (χ4v) is 5.35. The summed E-state index contributed by atoms with van der Waals surface area (Å²) in [6.45, 7) is 6.02. The maximum Gasteiger partial charge on any atom is 0.244 e. The zero-order valence-electron chi connectivity index (χ0n) is 22.8. The van der Waals surface area contributed by atoms with Gasteiger partial charge >= 0.3 is 0 Å². The van der Waals surface area contributed by atoms with Crippen molar-refractivity contribution in [3.8, 4) is 0 Å². The summed E-state index contributed by atoms with van der Waals surface area (Å²) >= 11 is 6.33. The fraction of sp³-hybridized carbons (Fsp3) is 0.333. The summed E-state index contributed by atoms with van der Waals surface area (Å²) in [4.78, 5) is 29.2. The van der Waals surface area contributed by atoms with Gasteiger partial charge in [-0.3, -0.25) is 13.9 Å². The summed E-state index contributed by atoms with van der Waals surface area (Å²) in [5.41, 5.74) is 2.91. The zero-order chi connectivity index (χ0) is 28.6. The molecule has 0 spiro atoms. The van der Waals surface area contributed by atoms with E-state index in [0.29, 0.717) is 6.54 Å². The number of nitrogens with zero attached hydrogens (tertiary/aromatic N) is 2. The fourth-order valence-electron chi connectivity index (χ4n) is 4.20. The van der Waals surface area contributed by atoms with Crippen LogP contribution in [0.1, 0.15) is 30.5 Å². The molecule has 0 bridgehead atoms. The van der Waals surface area contributed by atoms with Gasteiger partial charge in [-0.05, 0) is 41.7 Å². The molecule has 39 heavy (non-hydrogen) atoms. The molecule has 0 unspecified atom stereocenters.